The predicted molar refractivity (Wildman–Crippen MR) is 94.2 cm³/mol. The zero-order valence-corrected chi connectivity index (χ0v) is 15.5. The fourth-order valence-electron chi connectivity index (χ4n) is 2.34. The van der Waals surface area contributed by atoms with Crippen LogP contribution in [0.25, 0.3) is 0 Å². The van der Waals surface area contributed by atoms with Crippen LogP contribution < -0.4 is 0 Å². The molecule has 0 bridgehead atoms. The zero-order valence-electron chi connectivity index (χ0n) is 13.2. The lowest BCUT2D eigenvalue weighted by Crippen LogP contribution is -2.27. The molecule has 0 aliphatic heterocycles. The molecule has 1 amide bonds. The molecule has 0 unspecified atom stereocenters. The van der Waals surface area contributed by atoms with Crippen molar-refractivity contribution < 1.29 is 4.79 Å². The molecule has 3 rings (SSSR count). The van der Waals surface area contributed by atoms with Crippen LogP contribution in [0.4, 0.5) is 0 Å². The average molecular weight is 371 g/mol. The summed E-state index contributed by atoms with van der Waals surface area (Å²) < 4.78 is 2.88. The number of rotatable bonds is 7. The fourth-order valence-corrected chi connectivity index (χ4v) is 4.43. The van der Waals surface area contributed by atoms with E-state index in [4.69, 9.17) is 11.6 Å². The third-order valence-electron chi connectivity index (χ3n) is 3.78. The van der Waals surface area contributed by atoms with Crippen LogP contribution in [-0.4, -0.2) is 38.4 Å². The van der Waals surface area contributed by atoms with E-state index in [2.05, 4.69) is 21.7 Å². The van der Waals surface area contributed by atoms with Crippen molar-refractivity contribution in [2.45, 2.75) is 43.9 Å². The number of thiophene rings is 1. The van der Waals surface area contributed by atoms with Gasteiger partial charge >= 0.3 is 0 Å². The molecule has 124 valence electrons. The minimum absolute atomic E-state index is 0.0816. The van der Waals surface area contributed by atoms with Gasteiger partial charge in [-0.15, -0.1) is 21.5 Å². The van der Waals surface area contributed by atoms with Crippen LogP contribution in [0.2, 0.25) is 4.34 Å². The second-order valence-corrected chi connectivity index (χ2v) is 8.35. The van der Waals surface area contributed by atoms with E-state index in [0.29, 0.717) is 18.2 Å². The molecule has 2 heterocycles. The summed E-state index contributed by atoms with van der Waals surface area (Å²) in [5.41, 5.74) is 0. The molecule has 0 aromatic carbocycles. The molecule has 0 saturated heterocycles. The Bertz CT molecular complexity index is 695. The number of amides is 1. The Morgan fingerprint density at radius 3 is 2.87 bits per heavy atom. The minimum Gasteiger partial charge on any atom is -0.340 e. The van der Waals surface area contributed by atoms with Crippen LogP contribution in [-0.2, 0) is 17.9 Å². The molecule has 1 saturated carbocycles. The Kier molecular flexibility index (Phi) is 5.28. The highest BCUT2D eigenvalue weighted by atomic mass is 35.5. The first-order valence-corrected chi connectivity index (χ1v) is 9.80. The molecule has 2 aromatic heterocycles. The summed E-state index contributed by atoms with van der Waals surface area (Å²) in [5.74, 6) is 2.10. The van der Waals surface area contributed by atoms with Crippen LogP contribution in [0.5, 0.6) is 0 Å². The van der Waals surface area contributed by atoms with Gasteiger partial charge < -0.3 is 9.47 Å². The number of hydrogen-bond acceptors (Lipinski definition) is 5. The Labute approximate surface area is 149 Å². The van der Waals surface area contributed by atoms with Gasteiger partial charge in [0.2, 0.25) is 5.91 Å². The Morgan fingerprint density at radius 1 is 1.48 bits per heavy atom. The Balaban J connectivity index is 1.56. The van der Waals surface area contributed by atoms with Gasteiger partial charge in [0.05, 0.1) is 16.6 Å². The zero-order chi connectivity index (χ0) is 16.4. The first-order chi connectivity index (χ1) is 11.1. The van der Waals surface area contributed by atoms with E-state index < -0.39 is 0 Å². The molecule has 0 radical (unpaired) electrons. The normalized spacial score (nSPS) is 14.2. The number of carbonyl (C=O) groups is 1. The third-order valence-corrected chi connectivity index (χ3v) is 5.94. The van der Waals surface area contributed by atoms with Gasteiger partial charge in [0.1, 0.15) is 5.82 Å². The van der Waals surface area contributed by atoms with Gasteiger partial charge in [0.15, 0.2) is 5.16 Å². The lowest BCUT2D eigenvalue weighted by atomic mass is 10.4. The van der Waals surface area contributed by atoms with Crippen LogP contribution in [0.3, 0.4) is 0 Å². The molecule has 5 nitrogen and oxygen atoms in total. The van der Waals surface area contributed by atoms with Gasteiger partial charge in [-0.2, -0.15) is 0 Å². The van der Waals surface area contributed by atoms with Crippen LogP contribution >= 0.6 is 34.7 Å². The summed E-state index contributed by atoms with van der Waals surface area (Å²) >= 11 is 8.90. The van der Waals surface area contributed by atoms with Crippen molar-refractivity contribution in [3.63, 3.8) is 0 Å². The van der Waals surface area contributed by atoms with Crippen molar-refractivity contribution >= 4 is 40.6 Å². The Hall–Kier alpha value is -1.05. The highest BCUT2D eigenvalue weighted by Gasteiger charge is 2.30. The van der Waals surface area contributed by atoms with Gasteiger partial charge in [-0.3, -0.25) is 4.79 Å². The van der Waals surface area contributed by atoms with E-state index in [9.17, 15) is 4.79 Å². The summed E-state index contributed by atoms with van der Waals surface area (Å²) in [6.45, 7) is 3.53. The average Bonchev–Trinajstić information content (AvgIpc) is 3.17. The van der Waals surface area contributed by atoms with Crippen molar-refractivity contribution in [1.82, 2.24) is 19.7 Å². The lowest BCUT2D eigenvalue weighted by molar-refractivity contribution is -0.127. The quantitative estimate of drug-likeness (QED) is 0.698. The van der Waals surface area contributed by atoms with E-state index in [1.807, 2.05) is 19.2 Å². The number of thioether (sulfide) groups is 1. The third kappa shape index (κ3) is 4.08. The first kappa shape index (κ1) is 16.8. The summed E-state index contributed by atoms with van der Waals surface area (Å²) in [7, 11) is 1.82. The van der Waals surface area contributed by atoms with Crippen molar-refractivity contribution in [1.29, 1.82) is 0 Å². The van der Waals surface area contributed by atoms with Gasteiger partial charge in [0, 0.05) is 24.4 Å². The molecular weight excluding hydrogens is 352 g/mol. The monoisotopic (exact) mass is 370 g/mol. The number of carbonyl (C=O) groups excluding carboxylic acids is 1. The molecule has 0 spiro atoms. The van der Waals surface area contributed by atoms with Crippen molar-refractivity contribution in [3.05, 3.63) is 27.2 Å². The number of hydrogen-bond donors (Lipinski definition) is 0. The molecule has 23 heavy (non-hydrogen) atoms. The summed E-state index contributed by atoms with van der Waals surface area (Å²) in [5, 5.41) is 9.40. The molecule has 1 aliphatic rings. The molecule has 2 aromatic rings. The van der Waals surface area contributed by atoms with Gasteiger partial charge in [-0.25, -0.2) is 0 Å². The van der Waals surface area contributed by atoms with E-state index in [0.717, 1.165) is 26.7 Å². The summed E-state index contributed by atoms with van der Waals surface area (Å²) in [6, 6.07) is 3.82. The topological polar surface area (TPSA) is 51.0 Å². The highest BCUT2D eigenvalue weighted by Crippen LogP contribution is 2.40. The van der Waals surface area contributed by atoms with E-state index in [1.54, 1.807) is 4.90 Å². The molecule has 8 heteroatoms. The maximum absolute atomic E-state index is 12.3. The molecule has 1 aliphatic carbocycles. The predicted octanol–water partition coefficient (Wildman–Crippen LogP) is 3.64. The van der Waals surface area contributed by atoms with Gasteiger partial charge in [-0.1, -0.05) is 23.4 Å². The maximum Gasteiger partial charge on any atom is 0.233 e. The second-order valence-electron chi connectivity index (χ2n) is 5.60. The fraction of sp³-hybridized carbons (Fsp3) is 0.533. The van der Waals surface area contributed by atoms with E-state index in [-0.39, 0.29) is 5.91 Å². The van der Waals surface area contributed by atoms with Gasteiger partial charge in [-0.05, 0) is 31.9 Å². The maximum atomic E-state index is 12.3. The van der Waals surface area contributed by atoms with Crippen LogP contribution in [0.15, 0.2) is 17.3 Å². The Morgan fingerprint density at radius 2 is 2.26 bits per heavy atom. The molecule has 0 N–H and O–H groups in total. The van der Waals surface area contributed by atoms with Crippen molar-refractivity contribution in [3.8, 4) is 0 Å². The van der Waals surface area contributed by atoms with E-state index in [1.165, 1.54) is 35.9 Å². The first-order valence-electron chi connectivity index (χ1n) is 7.62. The largest absolute Gasteiger partial charge is 0.340 e. The smallest absolute Gasteiger partial charge is 0.233 e. The highest BCUT2D eigenvalue weighted by molar-refractivity contribution is 7.99. The molecule has 1 fully saturated rings. The lowest BCUT2D eigenvalue weighted by Gasteiger charge is -2.16. The number of halogens is 1. The minimum atomic E-state index is 0.0816. The van der Waals surface area contributed by atoms with Crippen molar-refractivity contribution in [2.24, 2.45) is 0 Å². The van der Waals surface area contributed by atoms with Crippen LogP contribution in [0, 0.1) is 0 Å². The van der Waals surface area contributed by atoms with Crippen LogP contribution in [0.1, 0.15) is 36.4 Å². The molecule has 0 atom stereocenters. The summed E-state index contributed by atoms with van der Waals surface area (Å²) in [4.78, 5) is 15.1. The number of nitrogens with zero attached hydrogens (tertiary/aromatic N) is 4. The van der Waals surface area contributed by atoms with Crippen molar-refractivity contribution in [2.75, 3.05) is 12.8 Å². The molecular formula is C15H19ClN4OS2. The second kappa shape index (κ2) is 7.23. The summed E-state index contributed by atoms with van der Waals surface area (Å²) in [6.07, 6.45) is 2.40. The SMILES string of the molecule is CCn1c(SCC(=O)N(C)Cc2ccc(Cl)s2)nnc1C1CC1. The van der Waals surface area contributed by atoms with E-state index >= 15 is 0 Å². The van der Waals surface area contributed by atoms with Gasteiger partial charge in [0.25, 0.3) is 0 Å². The standard InChI is InChI=1S/C15H19ClN4OS2/c1-3-20-14(10-4-5-10)17-18-15(20)22-9-13(21)19(2)8-11-6-7-12(16)23-11/h6-7,10H,3-5,8-9H2,1-2H3. The number of aromatic nitrogens is 3.